The van der Waals surface area contributed by atoms with Crippen LogP contribution in [0.25, 0.3) is 0 Å². The van der Waals surface area contributed by atoms with Crippen molar-refractivity contribution in [2.75, 3.05) is 19.8 Å². The number of imide groups is 1. The van der Waals surface area contributed by atoms with Crippen molar-refractivity contribution >= 4 is 20.7 Å². The summed E-state index contributed by atoms with van der Waals surface area (Å²) in [4.78, 5) is 22.5. The van der Waals surface area contributed by atoms with E-state index in [1.165, 1.54) is 0 Å². The van der Waals surface area contributed by atoms with Gasteiger partial charge in [0.2, 0.25) is 0 Å². The van der Waals surface area contributed by atoms with Crippen LogP contribution in [-0.2, 0) is 18.1 Å². The second-order valence-electron chi connectivity index (χ2n) is 4.39. The highest BCUT2D eigenvalue weighted by molar-refractivity contribution is 6.60. The lowest BCUT2D eigenvalue weighted by atomic mass is 10.2. The molecule has 1 heterocycles. The van der Waals surface area contributed by atoms with E-state index in [0.29, 0.717) is 38.7 Å². The zero-order chi connectivity index (χ0) is 15.0. The summed E-state index contributed by atoms with van der Waals surface area (Å²) in [6, 6.07) is -0.246. The first-order valence-corrected chi connectivity index (χ1v) is 9.03. The van der Waals surface area contributed by atoms with Gasteiger partial charge in [-0.15, -0.1) is 0 Å². The van der Waals surface area contributed by atoms with E-state index < -0.39 is 20.9 Å². The molecule has 7 nitrogen and oxygen atoms in total. The topological polar surface area (TPSA) is 85.9 Å². The molecular weight excluding hydrogens is 280 g/mol. The maximum Gasteiger partial charge on any atom is 0.500 e. The van der Waals surface area contributed by atoms with E-state index in [1.54, 1.807) is 0 Å². The quantitative estimate of drug-likeness (QED) is 0.465. The monoisotopic (exact) mass is 304 g/mol. The third-order valence-electron chi connectivity index (χ3n) is 2.93. The normalized spacial score (nSPS) is 19.1. The summed E-state index contributed by atoms with van der Waals surface area (Å²) < 4.78 is 17.2. The third-order valence-corrected chi connectivity index (χ3v) is 6.08. The summed E-state index contributed by atoms with van der Waals surface area (Å²) >= 11 is 0. The Morgan fingerprint density at radius 3 is 2.00 bits per heavy atom. The van der Waals surface area contributed by atoms with E-state index >= 15 is 0 Å². The van der Waals surface area contributed by atoms with Crippen LogP contribution >= 0.6 is 0 Å². The average molecular weight is 304 g/mol. The molecule has 0 radical (unpaired) electrons. The van der Waals surface area contributed by atoms with Gasteiger partial charge in [-0.2, -0.15) is 0 Å². The molecule has 0 spiro atoms. The van der Waals surface area contributed by atoms with E-state index in [-0.39, 0.29) is 5.91 Å². The summed E-state index contributed by atoms with van der Waals surface area (Å²) in [7, 11) is -2.65. The van der Waals surface area contributed by atoms with Gasteiger partial charge in [-0.3, -0.25) is 10.1 Å². The van der Waals surface area contributed by atoms with Crippen LogP contribution in [0, 0.1) is 0 Å². The van der Waals surface area contributed by atoms with Crippen molar-refractivity contribution in [1.29, 1.82) is 0 Å². The first kappa shape index (κ1) is 17.1. The molecule has 0 aliphatic carbocycles. The Bertz CT molecular complexity index is 323. The Labute approximate surface area is 120 Å². The molecule has 8 heteroatoms. The van der Waals surface area contributed by atoms with Gasteiger partial charge in [-0.25, -0.2) is 4.79 Å². The van der Waals surface area contributed by atoms with Crippen LogP contribution < -0.4 is 10.6 Å². The first-order chi connectivity index (χ1) is 9.56. The van der Waals surface area contributed by atoms with Crippen LogP contribution in [-0.4, -0.2) is 46.6 Å². The standard InChI is InChI=1S/C12H24N2O5Si/c1-4-17-20(18-5-2,19-6-3)9-7-8-10-11(15)14-12(16)13-10/h10H,4-9H2,1-3H3,(H2,13,14,15,16). The Kier molecular flexibility index (Phi) is 7.14. The Balaban J connectivity index is 2.48. The minimum Gasteiger partial charge on any atom is -0.374 e. The van der Waals surface area contributed by atoms with Crippen LogP contribution in [0.3, 0.4) is 0 Å². The molecule has 1 atom stereocenters. The number of urea groups is 1. The molecule has 0 aromatic carbocycles. The molecule has 1 unspecified atom stereocenters. The summed E-state index contributed by atoms with van der Waals surface area (Å²) in [5, 5.41) is 4.80. The number of rotatable bonds is 10. The maximum absolute atomic E-state index is 11.4. The molecule has 1 fully saturated rings. The fourth-order valence-corrected chi connectivity index (χ4v) is 4.83. The number of carbonyl (C=O) groups is 2. The minimum absolute atomic E-state index is 0.272. The number of amides is 3. The molecule has 2 N–H and O–H groups in total. The molecule has 1 rings (SSSR count). The predicted molar refractivity (Wildman–Crippen MR) is 75.1 cm³/mol. The summed E-state index contributed by atoms with van der Waals surface area (Å²) in [5.74, 6) is -0.272. The smallest absolute Gasteiger partial charge is 0.374 e. The van der Waals surface area contributed by atoms with E-state index in [9.17, 15) is 9.59 Å². The Morgan fingerprint density at radius 1 is 1.05 bits per heavy atom. The van der Waals surface area contributed by atoms with E-state index in [1.807, 2.05) is 20.8 Å². The van der Waals surface area contributed by atoms with Gasteiger partial charge < -0.3 is 18.6 Å². The van der Waals surface area contributed by atoms with Gasteiger partial charge in [-0.05, 0) is 33.6 Å². The lowest BCUT2D eigenvalue weighted by Crippen LogP contribution is -2.46. The largest absolute Gasteiger partial charge is 0.500 e. The van der Waals surface area contributed by atoms with Crippen molar-refractivity contribution in [3.8, 4) is 0 Å². The fraction of sp³-hybridized carbons (Fsp3) is 0.833. The van der Waals surface area contributed by atoms with Gasteiger partial charge in [0.15, 0.2) is 0 Å². The van der Waals surface area contributed by atoms with Crippen LogP contribution in [0.2, 0.25) is 6.04 Å². The van der Waals surface area contributed by atoms with Gasteiger partial charge >= 0.3 is 14.8 Å². The molecule has 3 amide bonds. The molecular formula is C12H24N2O5Si. The highest BCUT2D eigenvalue weighted by Crippen LogP contribution is 2.20. The highest BCUT2D eigenvalue weighted by Gasteiger charge is 2.40. The van der Waals surface area contributed by atoms with Gasteiger partial charge in [0, 0.05) is 25.9 Å². The molecule has 1 aliphatic heterocycles. The first-order valence-electron chi connectivity index (χ1n) is 7.10. The van der Waals surface area contributed by atoms with Crippen molar-refractivity contribution in [2.24, 2.45) is 0 Å². The number of carbonyl (C=O) groups excluding carboxylic acids is 2. The lowest BCUT2D eigenvalue weighted by Gasteiger charge is -2.28. The molecule has 0 bridgehead atoms. The molecule has 1 aliphatic rings. The van der Waals surface area contributed by atoms with Gasteiger partial charge in [0.05, 0.1) is 0 Å². The third kappa shape index (κ3) is 4.86. The average Bonchev–Trinajstić information content (AvgIpc) is 2.69. The van der Waals surface area contributed by atoms with Gasteiger partial charge in [0.1, 0.15) is 6.04 Å². The van der Waals surface area contributed by atoms with E-state index in [2.05, 4.69) is 10.6 Å². The molecule has 0 aromatic rings. The van der Waals surface area contributed by atoms with Crippen LogP contribution in [0.1, 0.15) is 33.6 Å². The number of hydrogen-bond acceptors (Lipinski definition) is 5. The Hall–Kier alpha value is -0.963. The SMILES string of the molecule is CCO[Si](CCCC1NC(=O)NC1=O)(OCC)OCC. The molecule has 0 saturated carbocycles. The van der Waals surface area contributed by atoms with Crippen LogP contribution in [0.5, 0.6) is 0 Å². The molecule has 20 heavy (non-hydrogen) atoms. The van der Waals surface area contributed by atoms with Gasteiger partial charge in [-0.1, -0.05) is 0 Å². The second-order valence-corrected chi connectivity index (χ2v) is 7.12. The van der Waals surface area contributed by atoms with Crippen molar-refractivity contribution < 1.29 is 22.9 Å². The molecule has 1 saturated heterocycles. The van der Waals surface area contributed by atoms with Crippen molar-refractivity contribution in [3.05, 3.63) is 0 Å². The molecule has 0 aromatic heterocycles. The number of hydrogen-bond donors (Lipinski definition) is 2. The zero-order valence-corrected chi connectivity index (χ0v) is 13.4. The Morgan fingerprint density at radius 2 is 1.60 bits per heavy atom. The fourth-order valence-electron chi connectivity index (χ4n) is 2.19. The summed E-state index contributed by atoms with van der Waals surface area (Å²) in [6.07, 6.45) is 1.25. The van der Waals surface area contributed by atoms with E-state index in [4.69, 9.17) is 13.3 Å². The maximum atomic E-state index is 11.4. The lowest BCUT2D eigenvalue weighted by molar-refractivity contribution is -0.120. The predicted octanol–water partition coefficient (Wildman–Crippen LogP) is 1.02. The summed E-state index contributed by atoms with van der Waals surface area (Å²) in [6.45, 7) is 7.33. The van der Waals surface area contributed by atoms with Crippen LogP contribution in [0.4, 0.5) is 4.79 Å². The highest BCUT2D eigenvalue weighted by atomic mass is 28.4. The van der Waals surface area contributed by atoms with Gasteiger partial charge in [0.25, 0.3) is 5.91 Å². The zero-order valence-electron chi connectivity index (χ0n) is 12.4. The minimum atomic E-state index is -2.65. The molecule has 116 valence electrons. The number of nitrogens with one attached hydrogen (secondary N) is 2. The van der Waals surface area contributed by atoms with E-state index in [0.717, 1.165) is 0 Å². The van der Waals surface area contributed by atoms with Crippen molar-refractivity contribution in [1.82, 2.24) is 10.6 Å². The van der Waals surface area contributed by atoms with Crippen LogP contribution in [0.15, 0.2) is 0 Å². The van der Waals surface area contributed by atoms with Crippen molar-refractivity contribution in [2.45, 2.75) is 45.7 Å². The second kappa shape index (κ2) is 8.35. The van der Waals surface area contributed by atoms with Crippen molar-refractivity contribution in [3.63, 3.8) is 0 Å². The summed E-state index contributed by atoms with van der Waals surface area (Å²) in [5.41, 5.74) is 0.